The average Bonchev–Trinajstić information content (AvgIpc) is 3.42. The van der Waals surface area contributed by atoms with Gasteiger partial charge in [-0.2, -0.15) is 0 Å². The smallest absolute Gasteiger partial charge is 0.262 e. The molecular weight excluding hydrogens is 460 g/mol. The number of rotatable bonds is 12. The highest BCUT2D eigenvalue weighted by Gasteiger charge is 2.22. The van der Waals surface area contributed by atoms with E-state index in [1.54, 1.807) is 36.4 Å². The zero-order chi connectivity index (χ0) is 25.0. The van der Waals surface area contributed by atoms with Crippen molar-refractivity contribution in [3.63, 3.8) is 0 Å². The first kappa shape index (κ1) is 26.1. The van der Waals surface area contributed by atoms with Crippen LogP contribution in [0.1, 0.15) is 39.4 Å². The number of carbonyl (C=O) groups excluding carboxylic acids is 3. The Labute approximate surface area is 210 Å². The summed E-state index contributed by atoms with van der Waals surface area (Å²) in [7, 11) is 0. The summed E-state index contributed by atoms with van der Waals surface area (Å²) in [5.74, 6) is -0.761. The van der Waals surface area contributed by atoms with Gasteiger partial charge in [0.15, 0.2) is 0 Å². The molecule has 3 amide bonds. The van der Waals surface area contributed by atoms with E-state index >= 15 is 0 Å². The van der Waals surface area contributed by atoms with Gasteiger partial charge in [-0.1, -0.05) is 50.2 Å². The maximum atomic E-state index is 13.1. The molecule has 8 heteroatoms. The quantitative estimate of drug-likeness (QED) is 0.359. The highest BCUT2D eigenvalue weighted by atomic mass is 32.1. The summed E-state index contributed by atoms with van der Waals surface area (Å²) in [6.45, 7) is 7.45. The Morgan fingerprint density at radius 2 is 1.60 bits per heavy atom. The second-order valence-electron chi connectivity index (χ2n) is 8.04. The molecule has 0 aliphatic carbocycles. The Morgan fingerprint density at radius 1 is 0.886 bits per heavy atom. The van der Waals surface area contributed by atoms with Crippen LogP contribution >= 0.6 is 11.3 Å². The van der Waals surface area contributed by atoms with E-state index in [1.807, 2.05) is 35.7 Å². The third kappa shape index (κ3) is 8.05. The molecule has 1 heterocycles. The van der Waals surface area contributed by atoms with Crippen LogP contribution in [0, 0.1) is 0 Å². The van der Waals surface area contributed by atoms with E-state index < -0.39 is 6.04 Å². The maximum Gasteiger partial charge on any atom is 0.262 e. The molecule has 184 valence electrons. The second-order valence-corrected chi connectivity index (χ2v) is 8.99. The van der Waals surface area contributed by atoms with Gasteiger partial charge in [0.25, 0.3) is 11.8 Å². The number of benzene rings is 2. The molecule has 0 bridgehead atoms. The molecule has 1 aromatic heterocycles. The van der Waals surface area contributed by atoms with E-state index in [1.165, 1.54) is 11.3 Å². The lowest BCUT2D eigenvalue weighted by atomic mass is 10.0. The van der Waals surface area contributed by atoms with Gasteiger partial charge in [-0.25, -0.2) is 0 Å². The van der Waals surface area contributed by atoms with Gasteiger partial charge >= 0.3 is 0 Å². The van der Waals surface area contributed by atoms with Crippen molar-refractivity contribution in [1.82, 2.24) is 15.5 Å². The molecule has 0 fully saturated rings. The molecule has 1 unspecified atom stereocenters. The molecular formula is C27H32N4O3S. The third-order valence-corrected chi connectivity index (χ3v) is 6.54. The van der Waals surface area contributed by atoms with Crippen molar-refractivity contribution in [3.05, 3.63) is 88.1 Å². The molecule has 3 N–H and O–H groups in total. The summed E-state index contributed by atoms with van der Waals surface area (Å²) < 4.78 is 0. The predicted molar refractivity (Wildman–Crippen MR) is 141 cm³/mol. The minimum absolute atomic E-state index is 0.153. The minimum atomic E-state index is -0.755. The number of hydrogen-bond acceptors (Lipinski definition) is 5. The van der Waals surface area contributed by atoms with E-state index in [0.29, 0.717) is 29.1 Å². The van der Waals surface area contributed by atoms with E-state index in [2.05, 4.69) is 34.7 Å². The standard InChI is InChI=1S/C27H32N4O3S/c1-3-31(4-2)17-16-28-25(32)21-12-14-22(15-13-21)29-26(33)23(19-20-9-6-5-7-10-20)30-27(34)24-11-8-18-35-24/h5-15,18,23H,3-4,16-17,19H2,1-2H3,(H,28,32)(H,29,33)(H,30,34). The Morgan fingerprint density at radius 3 is 2.23 bits per heavy atom. The van der Waals surface area contributed by atoms with Gasteiger partial charge in [-0.3, -0.25) is 14.4 Å². The Kier molecular flexibility index (Phi) is 10.0. The van der Waals surface area contributed by atoms with Gasteiger partial charge in [0.1, 0.15) is 6.04 Å². The van der Waals surface area contributed by atoms with Gasteiger partial charge in [0.05, 0.1) is 4.88 Å². The van der Waals surface area contributed by atoms with Crippen molar-refractivity contribution >= 4 is 34.7 Å². The van der Waals surface area contributed by atoms with Crippen LogP contribution in [-0.4, -0.2) is 54.8 Å². The SMILES string of the molecule is CCN(CC)CCNC(=O)c1ccc(NC(=O)C(Cc2ccccc2)NC(=O)c2cccs2)cc1. The first-order valence-electron chi connectivity index (χ1n) is 11.8. The fourth-order valence-electron chi connectivity index (χ4n) is 3.60. The second kappa shape index (κ2) is 13.4. The van der Waals surface area contributed by atoms with Crippen LogP contribution in [-0.2, 0) is 11.2 Å². The normalized spacial score (nSPS) is 11.6. The average molecular weight is 493 g/mol. The number of anilines is 1. The van der Waals surface area contributed by atoms with Gasteiger partial charge in [-0.15, -0.1) is 11.3 Å². The van der Waals surface area contributed by atoms with Gasteiger partial charge < -0.3 is 20.9 Å². The van der Waals surface area contributed by atoms with Crippen LogP contribution in [0.15, 0.2) is 72.1 Å². The summed E-state index contributed by atoms with van der Waals surface area (Å²) in [5, 5.41) is 10.5. The number of nitrogens with one attached hydrogen (secondary N) is 3. The van der Waals surface area contributed by atoms with E-state index in [0.717, 1.165) is 25.2 Å². The number of thiophene rings is 1. The van der Waals surface area contributed by atoms with Gasteiger partial charge in [0.2, 0.25) is 5.91 Å². The Bertz CT molecular complexity index is 1080. The number of carbonyl (C=O) groups is 3. The summed E-state index contributed by atoms with van der Waals surface area (Å²) in [5.41, 5.74) is 2.02. The number of amides is 3. The first-order valence-corrected chi connectivity index (χ1v) is 12.7. The third-order valence-electron chi connectivity index (χ3n) is 5.67. The summed E-state index contributed by atoms with van der Waals surface area (Å²) in [6.07, 6.45) is 0.358. The highest BCUT2D eigenvalue weighted by Crippen LogP contribution is 2.13. The number of likely N-dealkylation sites (N-methyl/N-ethyl adjacent to an activating group) is 1. The molecule has 0 saturated carbocycles. The molecule has 0 radical (unpaired) electrons. The maximum absolute atomic E-state index is 13.1. The van der Waals surface area contributed by atoms with Crippen molar-refractivity contribution in [3.8, 4) is 0 Å². The molecule has 3 aromatic rings. The minimum Gasteiger partial charge on any atom is -0.351 e. The van der Waals surface area contributed by atoms with E-state index in [4.69, 9.17) is 0 Å². The van der Waals surface area contributed by atoms with E-state index in [9.17, 15) is 14.4 Å². The van der Waals surface area contributed by atoms with Crippen molar-refractivity contribution in [1.29, 1.82) is 0 Å². The van der Waals surface area contributed by atoms with Crippen LogP contribution in [0.5, 0.6) is 0 Å². The lowest BCUT2D eigenvalue weighted by Gasteiger charge is -2.19. The molecule has 7 nitrogen and oxygen atoms in total. The molecule has 0 aliphatic heterocycles. The highest BCUT2D eigenvalue weighted by molar-refractivity contribution is 7.12. The lowest BCUT2D eigenvalue weighted by molar-refractivity contribution is -0.118. The van der Waals surface area contributed by atoms with Crippen molar-refractivity contribution < 1.29 is 14.4 Å². The van der Waals surface area contributed by atoms with E-state index in [-0.39, 0.29) is 17.7 Å². The van der Waals surface area contributed by atoms with Crippen LogP contribution in [0.4, 0.5) is 5.69 Å². The monoisotopic (exact) mass is 492 g/mol. The Hall–Kier alpha value is -3.49. The van der Waals surface area contributed by atoms with Gasteiger partial charge in [-0.05, 0) is 54.4 Å². The Balaban J connectivity index is 1.61. The number of hydrogen-bond donors (Lipinski definition) is 3. The molecule has 3 rings (SSSR count). The molecule has 2 aromatic carbocycles. The largest absolute Gasteiger partial charge is 0.351 e. The van der Waals surface area contributed by atoms with Crippen molar-refractivity contribution in [2.75, 3.05) is 31.5 Å². The first-order chi connectivity index (χ1) is 17.0. The summed E-state index contributed by atoms with van der Waals surface area (Å²) >= 11 is 1.32. The van der Waals surface area contributed by atoms with Gasteiger partial charge in [0, 0.05) is 30.8 Å². The zero-order valence-corrected chi connectivity index (χ0v) is 20.9. The molecule has 0 aliphatic rings. The zero-order valence-electron chi connectivity index (χ0n) is 20.1. The lowest BCUT2D eigenvalue weighted by Crippen LogP contribution is -2.45. The van der Waals surface area contributed by atoms with Crippen molar-refractivity contribution in [2.24, 2.45) is 0 Å². The van der Waals surface area contributed by atoms with Crippen LogP contribution in [0.25, 0.3) is 0 Å². The fraction of sp³-hybridized carbons (Fsp3) is 0.296. The van der Waals surface area contributed by atoms with Crippen LogP contribution in [0.2, 0.25) is 0 Å². The van der Waals surface area contributed by atoms with Crippen LogP contribution in [0.3, 0.4) is 0 Å². The number of nitrogens with zero attached hydrogens (tertiary/aromatic N) is 1. The molecule has 0 spiro atoms. The summed E-state index contributed by atoms with van der Waals surface area (Å²) in [4.78, 5) is 40.9. The van der Waals surface area contributed by atoms with Crippen molar-refractivity contribution in [2.45, 2.75) is 26.3 Å². The predicted octanol–water partition coefficient (Wildman–Crippen LogP) is 3.80. The molecule has 1 atom stereocenters. The molecule has 0 saturated heterocycles. The molecule has 35 heavy (non-hydrogen) atoms. The fourth-order valence-corrected chi connectivity index (χ4v) is 4.23. The van der Waals surface area contributed by atoms with Crippen LogP contribution < -0.4 is 16.0 Å². The summed E-state index contributed by atoms with van der Waals surface area (Å²) in [6, 6.07) is 19.1. The topological polar surface area (TPSA) is 90.5 Å².